The van der Waals surface area contributed by atoms with Crippen LogP contribution in [0.2, 0.25) is 0 Å². The van der Waals surface area contributed by atoms with Crippen LogP contribution in [0.15, 0.2) is 12.1 Å². The molecule has 2 nitrogen and oxygen atoms in total. The predicted octanol–water partition coefficient (Wildman–Crippen LogP) is 7.93. The van der Waals surface area contributed by atoms with Gasteiger partial charge in [-0.15, -0.1) is 0 Å². The number of benzene rings is 1. The highest BCUT2D eigenvalue weighted by Gasteiger charge is 2.35. The van der Waals surface area contributed by atoms with E-state index in [1.54, 1.807) is 0 Å². The largest absolute Gasteiger partial charge is 0.508 e. The van der Waals surface area contributed by atoms with Crippen molar-refractivity contribution >= 4 is 0 Å². The van der Waals surface area contributed by atoms with Gasteiger partial charge in [-0.25, -0.2) is 0 Å². The number of unbranched alkanes of at least 4 members (excludes halogenated alkanes) is 6. The Balaban J connectivity index is 1.71. The predicted molar refractivity (Wildman–Crippen MR) is 120 cm³/mol. The number of aromatic hydroxyl groups is 2. The first-order valence-electron chi connectivity index (χ1n) is 11.7. The third-order valence-electron chi connectivity index (χ3n) is 6.49. The third-order valence-corrected chi connectivity index (χ3v) is 6.49. The van der Waals surface area contributed by atoms with E-state index in [0.717, 1.165) is 36.8 Å². The van der Waals surface area contributed by atoms with Crippen LogP contribution in [0.5, 0.6) is 11.5 Å². The summed E-state index contributed by atoms with van der Waals surface area (Å²) in [4.78, 5) is 0. The average molecular weight is 389 g/mol. The Hall–Kier alpha value is -1.18. The molecule has 0 heterocycles. The smallest absolute Gasteiger partial charge is 0.122 e. The molecule has 0 bridgehead atoms. The standard InChI is InChI=1S/C26H44O2/c1-25(2,3)15-11-7-5-9-13-21-19-22(27)20-24(28)23(21)14-10-6-8-12-16-26(4)17-18-26/h19-20,27-28H,5-18H2,1-4H3. The van der Waals surface area contributed by atoms with E-state index in [2.05, 4.69) is 27.7 Å². The number of hydrogen-bond donors (Lipinski definition) is 2. The van der Waals surface area contributed by atoms with E-state index in [0.29, 0.717) is 10.8 Å². The van der Waals surface area contributed by atoms with Crippen molar-refractivity contribution in [3.8, 4) is 11.5 Å². The lowest BCUT2D eigenvalue weighted by Gasteiger charge is -2.17. The average Bonchev–Trinajstić information content (AvgIpc) is 3.32. The van der Waals surface area contributed by atoms with Crippen LogP contribution < -0.4 is 0 Å². The number of aryl methyl sites for hydroxylation is 1. The summed E-state index contributed by atoms with van der Waals surface area (Å²) >= 11 is 0. The van der Waals surface area contributed by atoms with Gasteiger partial charge in [-0.1, -0.05) is 66.2 Å². The fraction of sp³-hybridized carbons (Fsp3) is 0.769. The van der Waals surface area contributed by atoms with Crippen LogP contribution in [0.3, 0.4) is 0 Å². The molecule has 0 aliphatic heterocycles. The molecule has 2 heteroatoms. The first-order valence-corrected chi connectivity index (χ1v) is 11.7. The SMILES string of the molecule is CC(C)(C)CCCCCCc1cc(O)cc(O)c1CCCCCCC1(C)CC1. The molecule has 1 aromatic rings. The Bertz CT molecular complexity index is 593. The molecular formula is C26H44O2. The number of phenolic OH excluding ortho intramolecular Hbond substituents is 2. The van der Waals surface area contributed by atoms with Gasteiger partial charge in [-0.3, -0.25) is 0 Å². The van der Waals surface area contributed by atoms with Crippen LogP contribution in [-0.4, -0.2) is 10.2 Å². The zero-order valence-corrected chi connectivity index (χ0v) is 18.9. The molecule has 1 aromatic carbocycles. The lowest BCUT2D eigenvalue weighted by atomic mass is 9.89. The first kappa shape index (κ1) is 23.1. The van der Waals surface area contributed by atoms with Gasteiger partial charge < -0.3 is 10.2 Å². The molecule has 0 unspecified atom stereocenters. The molecule has 0 atom stereocenters. The molecule has 0 saturated heterocycles. The zero-order valence-electron chi connectivity index (χ0n) is 18.9. The summed E-state index contributed by atoms with van der Waals surface area (Å²) in [6, 6.07) is 3.38. The molecule has 1 aliphatic carbocycles. The lowest BCUT2D eigenvalue weighted by molar-refractivity contribution is 0.357. The van der Waals surface area contributed by atoms with E-state index < -0.39 is 0 Å². The molecular weight excluding hydrogens is 344 g/mol. The van der Waals surface area contributed by atoms with E-state index in [9.17, 15) is 10.2 Å². The quantitative estimate of drug-likeness (QED) is 0.337. The third kappa shape index (κ3) is 8.88. The topological polar surface area (TPSA) is 40.5 Å². The van der Waals surface area contributed by atoms with Crippen LogP contribution in [0.4, 0.5) is 0 Å². The normalized spacial score (nSPS) is 15.7. The van der Waals surface area contributed by atoms with Crippen molar-refractivity contribution in [2.75, 3.05) is 0 Å². The van der Waals surface area contributed by atoms with Gasteiger partial charge in [0, 0.05) is 6.07 Å². The van der Waals surface area contributed by atoms with Gasteiger partial charge in [0.15, 0.2) is 0 Å². The monoisotopic (exact) mass is 388 g/mol. The van der Waals surface area contributed by atoms with E-state index in [4.69, 9.17) is 0 Å². The summed E-state index contributed by atoms with van der Waals surface area (Å²) in [6.07, 6.45) is 17.4. The fourth-order valence-electron chi connectivity index (χ4n) is 4.21. The summed E-state index contributed by atoms with van der Waals surface area (Å²) in [7, 11) is 0. The Kier molecular flexibility index (Phi) is 8.71. The highest BCUT2D eigenvalue weighted by Crippen LogP contribution is 2.49. The maximum Gasteiger partial charge on any atom is 0.122 e. The summed E-state index contributed by atoms with van der Waals surface area (Å²) in [5.74, 6) is 0.481. The molecule has 160 valence electrons. The Morgan fingerprint density at radius 1 is 0.821 bits per heavy atom. The lowest BCUT2D eigenvalue weighted by Crippen LogP contribution is -2.04. The van der Waals surface area contributed by atoms with Crippen molar-refractivity contribution in [2.45, 2.75) is 118 Å². The van der Waals surface area contributed by atoms with E-state index in [-0.39, 0.29) is 11.5 Å². The maximum absolute atomic E-state index is 10.4. The molecule has 0 spiro atoms. The van der Waals surface area contributed by atoms with Gasteiger partial charge in [0.25, 0.3) is 0 Å². The molecule has 0 aromatic heterocycles. The van der Waals surface area contributed by atoms with Crippen LogP contribution in [0.25, 0.3) is 0 Å². The summed E-state index contributed by atoms with van der Waals surface area (Å²) in [5.41, 5.74) is 3.33. The van der Waals surface area contributed by atoms with Crippen LogP contribution >= 0.6 is 0 Å². The Morgan fingerprint density at radius 3 is 2.07 bits per heavy atom. The minimum atomic E-state index is 0.196. The minimum Gasteiger partial charge on any atom is -0.508 e. The highest BCUT2D eigenvalue weighted by atomic mass is 16.3. The van der Waals surface area contributed by atoms with Crippen molar-refractivity contribution in [2.24, 2.45) is 10.8 Å². The minimum absolute atomic E-state index is 0.196. The summed E-state index contributed by atoms with van der Waals surface area (Å²) in [5, 5.41) is 20.3. The Labute approximate surface area is 173 Å². The summed E-state index contributed by atoms with van der Waals surface area (Å²) < 4.78 is 0. The van der Waals surface area contributed by atoms with E-state index >= 15 is 0 Å². The second-order valence-electron chi connectivity index (χ2n) is 10.8. The zero-order chi connectivity index (χ0) is 20.6. The number of phenols is 2. The van der Waals surface area contributed by atoms with Gasteiger partial charge in [-0.05, 0) is 79.4 Å². The van der Waals surface area contributed by atoms with Gasteiger partial charge in [0.1, 0.15) is 11.5 Å². The van der Waals surface area contributed by atoms with Gasteiger partial charge in [0.2, 0.25) is 0 Å². The van der Waals surface area contributed by atoms with Gasteiger partial charge in [0.05, 0.1) is 0 Å². The number of rotatable bonds is 13. The second kappa shape index (κ2) is 10.6. The molecule has 1 aliphatic rings. The summed E-state index contributed by atoms with van der Waals surface area (Å²) in [6.45, 7) is 9.33. The molecule has 2 N–H and O–H groups in total. The van der Waals surface area contributed by atoms with Gasteiger partial charge in [-0.2, -0.15) is 0 Å². The van der Waals surface area contributed by atoms with Gasteiger partial charge >= 0.3 is 0 Å². The van der Waals surface area contributed by atoms with E-state index in [1.165, 1.54) is 70.3 Å². The Morgan fingerprint density at radius 2 is 1.43 bits per heavy atom. The van der Waals surface area contributed by atoms with Crippen LogP contribution in [0, 0.1) is 10.8 Å². The van der Waals surface area contributed by atoms with Crippen molar-refractivity contribution < 1.29 is 10.2 Å². The maximum atomic E-state index is 10.4. The van der Waals surface area contributed by atoms with Crippen LogP contribution in [0.1, 0.15) is 116 Å². The van der Waals surface area contributed by atoms with Crippen molar-refractivity contribution in [1.29, 1.82) is 0 Å². The molecule has 1 saturated carbocycles. The first-order chi connectivity index (χ1) is 13.2. The van der Waals surface area contributed by atoms with Crippen molar-refractivity contribution in [3.05, 3.63) is 23.3 Å². The van der Waals surface area contributed by atoms with Crippen molar-refractivity contribution in [1.82, 2.24) is 0 Å². The number of hydrogen-bond acceptors (Lipinski definition) is 2. The molecule has 1 fully saturated rings. The molecule has 0 amide bonds. The van der Waals surface area contributed by atoms with Crippen LogP contribution in [-0.2, 0) is 12.8 Å². The fourth-order valence-corrected chi connectivity index (χ4v) is 4.21. The molecule has 28 heavy (non-hydrogen) atoms. The van der Waals surface area contributed by atoms with E-state index in [1.807, 2.05) is 6.07 Å². The molecule has 0 radical (unpaired) electrons. The second-order valence-corrected chi connectivity index (χ2v) is 10.8. The highest BCUT2D eigenvalue weighted by molar-refractivity contribution is 5.45. The molecule has 2 rings (SSSR count). The van der Waals surface area contributed by atoms with Crippen molar-refractivity contribution in [3.63, 3.8) is 0 Å².